The molecular formula is C40H54N6O8S. The maximum Gasteiger partial charge on any atom is 0.303 e. The highest BCUT2D eigenvalue weighted by atomic mass is 32.2. The van der Waals surface area contributed by atoms with Crippen molar-refractivity contribution < 1.29 is 39.0 Å². The highest BCUT2D eigenvalue weighted by Gasteiger charge is 2.58. The van der Waals surface area contributed by atoms with E-state index in [1.165, 1.54) is 12.1 Å². The van der Waals surface area contributed by atoms with Crippen molar-refractivity contribution in [3.63, 3.8) is 0 Å². The van der Waals surface area contributed by atoms with Crippen LogP contribution >= 0.6 is 11.8 Å². The summed E-state index contributed by atoms with van der Waals surface area (Å²) in [7, 11) is 0. The Morgan fingerprint density at radius 1 is 0.764 bits per heavy atom. The van der Waals surface area contributed by atoms with Crippen molar-refractivity contribution in [1.82, 2.24) is 26.6 Å². The first kappa shape index (κ1) is 41.5. The molecule has 9 N–H and O–H groups in total. The summed E-state index contributed by atoms with van der Waals surface area (Å²) in [6.07, 6.45) is 8.48. The minimum Gasteiger partial charge on any atom is -0.508 e. The Balaban J connectivity index is 1.15. The number of carboxylic acids is 1. The summed E-state index contributed by atoms with van der Waals surface area (Å²) in [5.74, 6) is -1.83. The van der Waals surface area contributed by atoms with Crippen molar-refractivity contribution in [3.05, 3.63) is 65.7 Å². The van der Waals surface area contributed by atoms with Gasteiger partial charge >= 0.3 is 5.97 Å². The predicted octanol–water partition coefficient (Wildman–Crippen LogP) is 1.64. The number of nitrogens with one attached hydrogen (secondary N) is 5. The molecular weight excluding hydrogens is 725 g/mol. The van der Waals surface area contributed by atoms with Crippen LogP contribution in [0.4, 0.5) is 0 Å². The van der Waals surface area contributed by atoms with Gasteiger partial charge in [0.15, 0.2) is 0 Å². The number of carbonyl (C=O) groups excluding carboxylic acids is 5. The summed E-state index contributed by atoms with van der Waals surface area (Å²) in [6.45, 7) is -0.449. The quantitative estimate of drug-likeness (QED) is 0.0969. The average molecular weight is 779 g/mol. The Labute approximate surface area is 325 Å². The van der Waals surface area contributed by atoms with E-state index in [-0.39, 0.29) is 41.7 Å². The van der Waals surface area contributed by atoms with Crippen LogP contribution in [0.15, 0.2) is 54.6 Å². The molecule has 2 aromatic rings. The first-order valence-electron chi connectivity index (χ1n) is 19.0. The number of aliphatic carboxylic acids is 1. The third-order valence-electron chi connectivity index (χ3n) is 11.2. The molecule has 6 rings (SSSR count). The molecule has 3 unspecified atom stereocenters. The molecule has 0 aliphatic heterocycles. The van der Waals surface area contributed by atoms with Crippen molar-refractivity contribution in [3.8, 4) is 5.75 Å². The molecule has 0 saturated heterocycles. The Morgan fingerprint density at radius 3 is 2.05 bits per heavy atom. The third kappa shape index (κ3) is 11.9. The number of nitrogens with two attached hydrogens (primary N) is 1. The van der Waals surface area contributed by atoms with Crippen molar-refractivity contribution >= 4 is 47.3 Å². The van der Waals surface area contributed by atoms with E-state index in [4.69, 9.17) is 5.73 Å². The van der Waals surface area contributed by atoms with Gasteiger partial charge in [-0.15, -0.1) is 0 Å². The zero-order valence-corrected chi connectivity index (χ0v) is 32.1. The summed E-state index contributed by atoms with van der Waals surface area (Å²) < 4.78 is 0. The minimum atomic E-state index is -1.06. The summed E-state index contributed by atoms with van der Waals surface area (Å²) in [6, 6.07) is 12.5. The Kier molecular flexibility index (Phi) is 14.2. The number of phenolic OH excluding ortho intramolecular Hbond substituents is 1. The van der Waals surface area contributed by atoms with Gasteiger partial charge in [-0.1, -0.05) is 42.5 Å². The largest absolute Gasteiger partial charge is 0.508 e. The van der Waals surface area contributed by atoms with Gasteiger partial charge in [0.2, 0.25) is 29.5 Å². The topological polar surface area (TPSA) is 229 Å². The molecule has 14 nitrogen and oxygen atoms in total. The molecule has 15 heteroatoms. The Hall–Kier alpha value is -4.63. The fourth-order valence-corrected chi connectivity index (χ4v) is 9.85. The molecule has 4 aliphatic carbocycles. The van der Waals surface area contributed by atoms with Crippen LogP contribution in [-0.4, -0.2) is 95.5 Å². The lowest BCUT2D eigenvalue weighted by molar-refractivity contribution is -0.153. The molecule has 4 aliphatic rings. The van der Waals surface area contributed by atoms with Crippen LogP contribution in [-0.2, 0) is 41.6 Å². The molecule has 4 bridgehead atoms. The number of amides is 5. The number of thioether (sulfide) groups is 1. The number of benzene rings is 2. The summed E-state index contributed by atoms with van der Waals surface area (Å²) in [4.78, 5) is 77.4. The maximum atomic E-state index is 13.8. The van der Waals surface area contributed by atoms with E-state index in [1.54, 1.807) is 23.9 Å². The number of aromatic hydroxyl groups is 1. The second-order valence-corrected chi connectivity index (χ2v) is 16.9. The number of rotatable bonds is 20. The lowest BCUT2D eigenvalue weighted by Crippen LogP contribution is -2.58. The maximum absolute atomic E-state index is 13.8. The SMILES string of the molecule is CSCCC(NC(=O)[C@H](Cc1ccccc1)NC(=O)CNC(=O)CNC(=O)[C@@H](N)Cc1ccc(O)cc1)C(=O)NCC12C[C@H]3C[C@@H](C1)CC(CC(=O)O)(C3)C2. The van der Waals surface area contributed by atoms with Crippen LogP contribution in [0.3, 0.4) is 0 Å². The highest BCUT2D eigenvalue weighted by Crippen LogP contribution is 2.66. The van der Waals surface area contributed by atoms with Gasteiger partial charge in [0.1, 0.15) is 17.8 Å². The van der Waals surface area contributed by atoms with Crippen molar-refractivity contribution in [1.29, 1.82) is 0 Å². The van der Waals surface area contributed by atoms with Crippen molar-refractivity contribution in [2.45, 2.75) is 82.3 Å². The molecule has 4 saturated carbocycles. The molecule has 7 atom stereocenters. The summed E-state index contributed by atoms with van der Waals surface area (Å²) in [5.41, 5.74) is 7.11. The highest BCUT2D eigenvalue weighted by molar-refractivity contribution is 7.98. The smallest absolute Gasteiger partial charge is 0.303 e. The van der Waals surface area contributed by atoms with Crippen LogP contribution in [0.25, 0.3) is 0 Å². The van der Waals surface area contributed by atoms with E-state index in [0.29, 0.717) is 30.6 Å². The van der Waals surface area contributed by atoms with Gasteiger partial charge in [-0.25, -0.2) is 0 Å². The molecule has 0 radical (unpaired) electrons. The van der Waals surface area contributed by atoms with Gasteiger partial charge in [0.05, 0.1) is 25.6 Å². The minimum absolute atomic E-state index is 0.0887. The molecule has 55 heavy (non-hydrogen) atoms. The van der Waals surface area contributed by atoms with Crippen molar-refractivity contribution in [2.24, 2.45) is 28.4 Å². The van der Waals surface area contributed by atoms with Crippen LogP contribution in [0.5, 0.6) is 5.75 Å². The van der Waals surface area contributed by atoms with Crippen LogP contribution < -0.4 is 32.3 Å². The number of carbonyl (C=O) groups is 6. The van der Waals surface area contributed by atoms with E-state index >= 15 is 0 Å². The van der Waals surface area contributed by atoms with Crippen LogP contribution in [0.2, 0.25) is 0 Å². The van der Waals surface area contributed by atoms with E-state index < -0.39 is 60.8 Å². The fourth-order valence-electron chi connectivity index (χ4n) is 9.38. The number of carboxylic acid groups (broad SMARTS) is 1. The first-order valence-corrected chi connectivity index (χ1v) is 20.4. The summed E-state index contributed by atoms with van der Waals surface area (Å²) in [5, 5.41) is 32.7. The standard InChI is InChI=1S/C40H54N6O8S/c1-55-12-11-31(37(53)44-24-40-18-27-13-28(19-40)17-39(16-27,23-40)20-35(50)51)46-38(54)32(15-25-5-3-2-4-6-25)45-34(49)22-42-33(48)21-43-36(52)30(41)14-26-7-9-29(47)10-8-26/h2-10,27-28,30-32,47H,11-24,41H2,1H3,(H,42,48)(H,43,52)(H,44,53)(H,45,49)(H,46,54)(H,50,51)/t27-,28+,30-,31?,32-,39?,40?/m0/s1. The second kappa shape index (κ2) is 18.8. The van der Waals surface area contributed by atoms with E-state index in [2.05, 4.69) is 26.6 Å². The predicted molar refractivity (Wildman–Crippen MR) is 208 cm³/mol. The van der Waals surface area contributed by atoms with E-state index in [0.717, 1.165) is 49.7 Å². The second-order valence-electron chi connectivity index (χ2n) is 15.9. The van der Waals surface area contributed by atoms with Gasteiger partial charge in [-0.2, -0.15) is 11.8 Å². The van der Waals surface area contributed by atoms with Gasteiger partial charge < -0.3 is 42.5 Å². The van der Waals surface area contributed by atoms with Crippen molar-refractivity contribution in [2.75, 3.05) is 31.6 Å². The van der Waals surface area contributed by atoms with Crippen LogP contribution in [0.1, 0.15) is 62.5 Å². The normalized spacial score (nSPS) is 23.8. The molecule has 0 heterocycles. The van der Waals surface area contributed by atoms with Gasteiger partial charge in [-0.05, 0) is 109 Å². The fraction of sp³-hybridized carbons (Fsp3) is 0.550. The molecule has 4 fully saturated rings. The molecule has 298 valence electrons. The zero-order valence-electron chi connectivity index (χ0n) is 31.3. The lowest BCUT2D eigenvalue weighted by Gasteiger charge is -2.62. The molecule has 0 aromatic heterocycles. The number of phenols is 1. The summed E-state index contributed by atoms with van der Waals surface area (Å²) >= 11 is 1.55. The first-order chi connectivity index (χ1) is 26.3. The van der Waals surface area contributed by atoms with Gasteiger partial charge in [0, 0.05) is 13.0 Å². The van der Waals surface area contributed by atoms with Gasteiger partial charge in [0.25, 0.3) is 0 Å². The van der Waals surface area contributed by atoms with E-state index in [9.17, 15) is 39.0 Å². The molecule has 5 amide bonds. The number of hydrogen-bond donors (Lipinski definition) is 8. The third-order valence-corrected chi connectivity index (χ3v) is 11.9. The number of hydrogen-bond acceptors (Lipinski definition) is 9. The lowest BCUT2D eigenvalue weighted by atomic mass is 9.43. The zero-order chi connectivity index (χ0) is 39.6. The van der Waals surface area contributed by atoms with E-state index in [1.807, 2.05) is 36.6 Å². The average Bonchev–Trinajstić information content (AvgIpc) is 3.13. The Morgan fingerprint density at radius 2 is 1.40 bits per heavy atom. The van der Waals surface area contributed by atoms with Gasteiger partial charge in [-0.3, -0.25) is 28.8 Å². The molecule has 2 aromatic carbocycles. The van der Waals surface area contributed by atoms with Crippen LogP contribution in [0, 0.1) is 22.7 Å². The monoisotopic (exact) mass is 778 g/mol. The Bertz CT molecular complexity index is 1680. The molecule has 0 spiro atoms.